The van der Waals surface area contributed by atoms with E-state index in [1.165, 1.54) is 18.2 Å². The highest BCUT2D eigenvalue weighted by atomic mass is 16.5. The normalized spacial score (nSPS) is 10.8. The fourth-order valence-corrected chi connectivity index (χ4v) is 2.65. The smallest absolute Gasteiger partial charge is 0.161 e. The highest BCUT2D eigenvalue weighted by molar-refractivity contribution is 5.80. The molecule has 0 aromatic heterocycles. The number of phenolic OH excluding ortho intramolecular Hbond substituents is 1. The lowest BCUT2D eigenvalue weighted by atomic mass is 10.2. The highest BCUT2D eigenvalue weighted by Crippen LogP contribution is 2.25. The van der Waals surface area contributed by atoms with Crippen molar-refractivity contribution in [3.8, 4) is 11.5 Å². The van der Waals surface area contributed by atoms with Crippen LogP contribution in [0.4, 0.5) is 0 Å². The zero-order chi connectivity index (χ0) is 18.2. The van der Waals surface area contributed by atoms with Gasteiger partial charge in [-0.1, -0.05) is 60.7 Å². The molecule has 0 fully saturated rings. The van der Waals surface area contributed by atoms with E-state index in [4.69, 9.17) is 4.74 Å². The van der Waals surface area contributed by atoms with Crippen molar-refractivity contribution in [1.82, 2.24) is 5.01 Å². The van der Waals surface area contributed by atoms with Gasteiger partial charge in [-0.3, -0.25) is 5.01 Å². The van der Waals surface area contributed by atoms with Gasteiger partial charge in [-0.2, -0.15) is 5.10 Å². The number of benzene rings is 3. The summed E-state index contributed by atoms with van der Waals surface area (Å²) in [5.41, 5.74) is 3.26. The van der Waals surface area contributed by atoms with Crippen molar-refractivity contribution in [3.05, 3.63) is 95.6 Å². The first kappa shape index (κ1) is 17.5. The Hall–Kier alpha value is -3.27. The van der Waals surface area contributed by atoms with Gasteiger partial charge in [0, 0.05) is 0 Å². The molecule has 0 aliphatic heterocycles. The molecule has 132 valence electrons. The molecule has 1 N–H and O–H groups in total. The Bertz CT molecular complexity index is 807. The Morgan fingerprint density at radius 2 is 1.46 bits per heavy atom. The first-order valence-corrected chi connectivity index (χ1v) is 8.48. The van der Waals surface area contributed by atoms with Gasteiger partial charge in [0.05, 0.1) is 26.4 Å². The third-order valence-corrected chi connectivity index (χ3v) is 3.99. The van der Waals surface area contributed by atoms with E-state index in [0.29, 0.717) is 18.8 Å². The summed E-state index contributed by atoms with van der Waals surface area (Å²) in [6.45, 7) is 1.42. The lowest BCUT2D eigenvalue weighted by Gasteiger charge is -2.19. The fraction of sp³-hybridized carbons (Fsp3) is 0.136. The lowest BCUT2D eigenvalue weighted by molar-refractivity contribution is 0.272. The van der Waals surface area contributed by atoms with Crippen LogP contribution in [0.3, 0.4) is 0 Å². The number of phenols is 1. The molecule has 0 aliphatic rings. The Labute approximate surface area is 154 Å². The number of aromatic hydroxyl groups is 1. The van der Waals surface area contributed by atoms with Crippen LogP contribution < -0.4 is 4.74 Å². The summed E-state index contributed by atoms with van der Waals surface area (Å²) in [7, 11) is 1.53. The largest absolute Gasteiger partial charge is 0.504 e. The minimum atomic E-state index is 0.120. The average Bonchev–Trinajstić information content (AvgIpc) is 2.69. The van der Waals surface area contributed by atoms with Crippen LogP contribution in [0.2, 0.25) is 0 Å². The molecule has 4 heteroatoms. The van der Waals surface area contributed by atoms with E-state index >= 15 is 0 Å². The Kier molecular flexibility index (Phi) is 5.88. The van der Waals surface area contributed by atoms with E-state index in [-0.39, 0.29) is 5.75 Å². The summed E-state index contributed by atoms with van der Waals surface area (Å²) in [5, 5.41) is 16.4. The van der Waals surface area contributed by atoms with Crippen molar-refractivity contribution < 1.29 is 9.84 Å². The number of nitrogens with zero attached hydrogens (tertiary/aromatic N) is 2. The highest BCUT2D eigenvalue weighted by Gasteiger charge is 2.05. The van der Waals surface area contributed by atoms with Crippen LogP contribution >= 0.6 is 0 Å². The van der Waals surface area contributed by atoms with Crippen molar-refractivity contribution in [2.75, 3.05) is 7.11 Å². The van der Waals surface area contributed by atoms with Crippen LogP contribution in [0.15, 0.2) is 84.0 Å². The second kappa shape index (κ2) is 8.72. The molecule has 0 saturated heterocycles. The van der Waals surface area contributed by atoms with Crippen molar-refractivity contribution >= 4 is 6.21 Å². The number of rotatable bonds is 7. The summed E-state index contributed by atoms with van der Waals surface area (Å²) >= 11 is 0. The fourth-order valence-electron chi connectivity index (χ4n) is 2.65. The van der Waals surface area contributed by atoms with E-state index in [1.807, 2.05) is 47.5 Å². The van der Waals surface area contributed by atoms with Crippen molar-refractivity contribution in [2.24, 2.45) is 5.10 Å². The van der Waals surface area contributed by atoms with Gasteiger partial charge in [-0.05, 0) is 34.9 Å². The Morgan fingerprint density at radius 3 is 2.00 bits per heavy atom. The molecule has 0 atom stereocenters. The summed E-state index contributed by atoms with van der Waals surface area (Å²) in [5.74, 6) is 0.557. The maximum Gasteiger partial charge on any atom is 0.161 e. The molecule has 4 nitrogen and oxygen atoms in total. The predicted octanol–water partition coefficient (Wildman–Crippen LogP) is 4.44. The standard InChI is InChI=1S/C22H22N2O2/c1-26-22-14-20(12-13-21(22)25)15-23-24(16-18-8-4-2-5-9-18)17-19-10-6-3-7-11-19/h2-15,25H,16-17H2,1H3/b23-15+. The third kappa shape index (κ3) is 4.86. The summed E-state index contributed by atoms with van der Waals surface area (Å²) < 4.78 is 5.16. The van der Waals surface area contributed by atoms with Gasteiger partial charge in [-0.15, -0.1) is 0 Å². The first-order valence-electron chi connectivity index (χ1n) is 8.48. The van der Waals surface area contributed by atoms with E-state index in [2.05, 4.69) is 29.4 Å². The zero-order valence-corrected chi connectivity index (χ0v) is 14.7. The van der Waals surface area contributed by atoms with Gasteiger partial charge in [-0.25, -0.2) is 0 Å². The minimum Gasteiger partial charge on any atom is -0.504 e. The van der Waals surface area contributed by atoms with Crippen LogP contribution in [-0.2, 0) is 13.1 Å². The van der Waals surface area contributed by atoms with Crippen LogP contribution in [0.5, 0.6) is 11.5 Å². The van der Waals surface area contributed by atoms with Gasteiger partial charge in [0.25, 0.3) is 0 Å². The monoisotopic (exact) mass is 346 g/mol. The second-order valence-corrected chi connectivity index (χ2v) is 5.97. The molecule has 0 aliphatic carbocycles. The van der Waals surface area contributed by atoms with Gasteiger partial charge in [0.15, 0.2) is 11.5 Å². The van der Waals surface area contributed by atoms with E-state index < -0.39 is 0 Å². The quantitative estimate of drug-likeness (QED) is 0.508. The van der Waals surface area contributed by atoms with Crippen molar-refractivity contribution in [3.63, 3.8) is 0 Å². The molecule has 0 spiro atoms. The van der Waals surface area contributed by atoms with Gasteiger partial charge in [0.1, 0.15) is 0 Å². The molecular weight excluding hydrogens is 324 g/mol. The second-order valence-electron chi connectivity index (χ2n) is 5.97. The third-order valence-electron chi connectivity index (χ3n) is 3.99. The molecule has 26 heavy (non-hydrogen) atoms. The predicted molar refractivity (Wildman–Crippen MR) is 104 cm³/mol. The summed E-state index contributed by atoms with van der Waals surface area (Å²) in [6, 6.07) is 25.7. The SMILES string of the molecule is COc1cc(/C=N/N(Cc2ccccc2)Cc2ccccc2)ccc1O. The van der Waals surface area contributed by atoms with E-state index in [0.717, 1.165) is 5.56 Å². The summed E-state index contributed by atoms with van der Waals surface area (Å²) in [6.07, 6.45) is 1.79. The number of hydrogen-bond donors (Lipinski definition) is 1. The van der Waals surface area contributed by atoms with Crippen LogP contribution in [-0.4, -0.2) is 23.4 Å². The van der Waals surface area contributed by atoms with E-state index in [9.17, 15) is 5.11 Å². The van der Waals surface area contributed by atoms with Gasteiger partial charge < -0.3 is 9.84 Å². The van der Waals surface area contributed by atoms with Gasteiger partial charge in [0.2, 0.25) is 0 Å². The maximum atomic E-state index is 9.72. The summed E-state index contributed by atoms with van der Waals surface area (Å²) in [4.78, 5) is 0. The minimum absolute atomic E-state index is 0.120. The van der Waals surface area contributed by atoms with Crippen molar-refractivity contribution in [1.29, 1.82) is 0 Å². The molecule has 0 heterocycles. The molecule has 3 aromatic rings. The van der Waals surface area contributed by atoms with Gasteiger partial charge >= 0.3 is 0 Å². The number of ether oxygens (including phenoxy) is 1. The number of methoxy groups -OCH3 is 1. The molecule has 0 saturated carbocycles. The maximum absolute atomic E-state index is 9.72. The molecule has 0 bridgehead atoms. The molecule has 3 rings (SSSR count). The van der Waals surface area contributed by atoms with Crippen LogP contribution in [0.25, 0.3) is 0 Å². The molecular formula is C22H22N2O2. The molecule has 0 unspecified atom stereocenters. The Morgan fingerprint density at radius 1 is 0.885 bits per heavy atom. The molecule has 0 radical (unpaired) electrons. The Balaban J connectivity index is 1.80. The topological polar surface area (TPSA) is 45.1 Å². The van der Waals surface area contributed by atoms with Crippen molar-refractivity contribution in [2.45, 2.75) is 13.1 Å². The zero-order valence-electron chi connectivity index (χ0n) is 14.7. The first-order chi connectivity index (χ1) is 12.7. The molecule has 0 amide bonds. The average molecular weight is 346 g/mol. The number of hydrazone groups is 1. The van der Waals surface area contributed by atoms with E-state index in [1.54, 1.807) is 18.3 Å². The molecule has 3 aromatic carbocycles. The lowest BCUT2D eigenvalue weighted by Crippen LogP contribution is -2.17. The van der Waals surface area contributed by atoms with Crippen LogP contribution in [0, 0.1) is 0 Å². The number of hydrogen-bond acceptors (Lipinski definition) is 4. The van der Waals surface area contributed by atoms with Crippen LogP contribution in [0.1, 0.15) is 16.7 Å².